The molecule has 0 spiro atoms. The molecular weight excluding hydrogens is 316 g/mol. The van der Waals surface area contributed by atoms with Crippen LogP contribution in [-0.4, -0.2) is 20.2 Å². The zero-order valence-electron chi connectivity index (χ0n) is 10.3. The summed E-state index contributed by atoms with van der Waals surface area (Å²) < 4.78 is 1.03. The van der Waals surface area contributed by atoms with Crippen LogP contribution in [0.2, 0.25) is 0 Å². The highest BCUT2D eigenvalue weighted by atomic mass is 79.9. The van der Waals surface area contributed by atoms with E-state index in [2.05, 4.69) is 31.1 Å². The number of nitrogens with one attached hydrogen (secondary N) is 1. The summed E-state index contributed by atoms with van der Waals surface area (Å²) in [4.78, 5) is 9.18. The monoisotopic (exact) mass is 324 g/mol. The predicted octanol–water partition coefficient (Wildman–Crippen LogP) is 3.94. The smallest absolute Gasteiger partial charge is 0.0909 e. The second kappa shape index (κ2) is 4.38. The summed E-state index contributed by atoms with van der Waals surface area (Å²) in [5, 5.41) is 8.01. The first kappa shape index (κ1) is 11.5. The van der Waals surface area contributed by atoms with Crippen molar-refractivity contribution in [2.75, 3.05) is 0 Å². The molecule has 0 aliphatic heterocycles. The van der Waals surface area contributed by atoms with Crippen LogP contribution < -0.4 is 0 Å². The number of hydrogen-bond donors (Lipinski definition) is 1. The van der Waals surface area contributed by atoms with Gasteiger partial charge < -0.3 is 0 Å². The summed E-state index contributed by atoms with van der Waals surface area (Å²) in [5.41, 5.74) is 4.61. The molecule has 2 aromatic heterocycles. The lowest BCUT2D eigenvalue weighted by Gasteiger charge is -2.03. The van der Waals surface area contributed by atoms with Crippen LogP contribution in [0.4, 0.5) is 0 Å². The number of aromatic nitrogens is 4. The first-order chi connectivity index (χ1) is 9.79. The fraction of sp³-hybridized carbons (Fsp3) is 0. The zero-order valence-corrected chi connectivity index (χ0v) is 11.9. The number of hydrogen-bond acceptors (Lipinski definition) is 3. The number of rotatable bonds is 1. The minimum atomic E-state index is 0.862. The number of halogens is 1. The van der Waals surface area contributed by atoms with E-state index in [4.69, 9.17) is 4.98 Å². The molecule has 1 N–H and O–H groups in total. The van der Waals surface area contributed by atoms with Crippen LogP contribution in [0.15, 0.2) is 53.3 Å². The third-order valence-electron chi connectivity index (χ3n) is 3.22. The summed E-state index contributed by atoms with van der Waals surface area (Å²) in [7, 11) is 0. The number of nitrogens with zero attached hydrogens (tertiary/aromatic N) is 3. The summed E-state index contributed by atoms with van der Waals surface area (Å²) >= 11 is 3.48. The van der Waals surface area contributed by atoms with E-state index >= 15 is 0 Å². The van der Waals surface area contributed by atoms with Crippen molar-refractivity contribution in [2.45, 2.75) is 0 Å². The molecule has 0 radical (unpaired) electrons. The van der Waals surface area contributed by atoms with Gasteiger partial charge in [-0.05, 0) is 24.3 Å². The van der Waals surface area contributed by atoms with Crippen molar-refractivity contribution in [3.05, 3.63) is 53.3 Å². The largest absolute Gasteiger partial charge is 0.278 e. The molecule has 0 saturated carbocycles. The summed E-state index contributed by atoms with van der Waals surface area (Å²) in [6, 6.07) is 12.0. The van der Waals surface area contributed by atoms with Gasteiger partial charge in [0.1, 0.15) is 0 Å². The lowest BCUT2D eigenvalue weighted by molar-refractivity contribution is 1.12. The average Bonchev–Trinajstić information content (AvgIpc) is 2.91. The van der Waals surface area contributed by atoms with Crippen LogP contribution in [0.5, 0.6) is 0 Å². The van der Waals surface area contributed by atoms with E-state index in [-0.39, 0.29) is 0 Å². The third kappa shape index (κ3) is 1.87. The fourth-order valence-electron chi connectivity index (χ4n) is 2.24. The predicted molar refractivity (Wildman–Crippen MR) is 82.3 cm³/mol. The van der Waals surface area contributed by atoms with E-state index < -0.39 is 0 Å². The first-order valence-corrected chi connectivity index (χ1v) is 6.95. The molecule has 0 bridgehead atoms. The Bertz CT molecular complexity index is 929. The van der Waals surface area contributed by atoms with Crippen LogP contribution in [0.25, 0.3) is 33.2 Å². The molecule has 2 heterocycles. The minimum absolute atomic E-state index is 0.862. The van der Waals surface area contributed by atoms with Gasteiger partial charge in [-0.2, -0.15) is 5.10 Å². The van der Waals surface area contributed by atoms with E-state index in [0.29, 0.717) is 0 Å². The molecular formula is C15H9BrN4. The maximum absolute atomic E-state index is 4.69. The highest BCUT2D eigenvalue weighted by molar-refractivity contribution is 9.10. The van der Waals surface area contributed by atoms with Crippen molar-refractivity contribution >= 4 is 37.9 Å². The maximum atomic E-state index is 4.69. The van der Waals surface area contributed by atoms with E-state index in [1.54, 1.807) is 12.4 Å². The van der Waals surface area contributed by atoms with Crippen LogP contribution in [0.3, 0.4) is 0 Å². The van der Waals surface area contributed by atoms with Gasteiger partial charge in [-0.25, -0.2) is 4.98 Å². The molecule has 0 aliphatic carbocycles. The second-order valence-electron chi connectivity index (χ2n) is 4.56. The molecule has 4 rings (SSSR count). The Kier molecular flexibility index (Phi) is 2.53. The number of aromatic amines is 1. The molecule has 2 aromatic carbocycles. The topological polar surface area (TPSA) is 54.5 Å². The van der Waals surface area contributed by atoms with E-state index in [9.17, 15) is 0 Å². The Labute approximate surface area is 123 Å². The van der Waals surface area contributed by atoms with Crippen LogP contribution >= 0.6 is 15.9 Å². The second-order valence-corrected chi connectivity index (χ2v) is 5.48. The summed E-state index contributed by atoms with van der Waals surface area (Å²) in [5.74, 6) is 0. The Morgan fingerprint density at radius 2 is 1.95 bits per heavy atom. The van der Waals surface area contributed by atoms with Crippen molar-refractivity contribution in [3.63, 3.8) is 0 Å². The molecule has 20 heavy (non-hydrogen) atoms. The Hall–Kier alpha value is -2.27. The van der Waals surface area contributed by atoms with Gasteiger partial charge >= 0.3 is 0 Å². The van der Waals surface area contributed by atoms with Gasteiger partial charge in [0.2, 0.25) is 0 Å². The Morgan fingerprint density at radius 1 is 1.00 bits per heavy atom. The SMILES string of the molecule is Brc1cccc(-c2cnc3cc4[nH]ncc4cc3n2)c1. The third-order valence-corrected chi connectivity index (χ3v) is 3.72. The average molecular weight is 325 g/mol. The van der Waals surface area contributed by atoms with Crippen LogP contribution in [0.1, 0.15) is 0 Å². The number of H-pyrrole nitrogens is 1. The van der Waals surface area contributed by atoms with E-state index in [1.807, 2.05) is 36.4 Å². The number of benzene rings is 2. The molecule has 0 unspecified atom stereocenters. The highest BCUT2D eigenvalue weighted by Crippen LogP contribution is 2.24. The van der Waals surface area contributed by atoms with Crippen LogP contribution in [0, 0.1) is 0 Å². The molecule has 5 heteroatoms. The zero-order chi connectivity index (χ0) is 13.5. The Morgan fingerprint density at radius 3 is 2.85 bits per heavy atom. The molecule has 96 valence electrons. The van der Waals surface area contributed by atoms with Crippen molar-refractivity contribution in [3.8, 4) is 11.3 Å². The minimum Gasteiger partial charge on any atom is -0.278 e. The molecule has 0 amide bonds. The van der Waals surface area contributed by atoms with Crippen molar-refractivity contribution in [1.82, 2.24) is 20.2 Å². The normalized spacial score (nSPS) is 11.2. The van der Waals surface area contributed by atoms with E-state index in [1.165, 1.54) is 0 Å². The molecule has 0 aliphatic rings. The molecule has 0 atom stereocenters. The van der Waals surface area contributed by atoms with Crippen molar-refractivity contribution in [1.29, 1.82) is 0 Å². The van der Waals surface area contributed by atoms with Gasteiger partial charge in [0, 0.05) is 15.4 Å². The summed E-state index contributed by atoms with van der Waals surface area (Å²) in [6.45, 7) is 0. The highest BCUT2D eigenvalue weighted by Gasteiger charge is 2.05. The summed E-state index contributed by atoms with van der Waals surface area (Å²) in [6.07, 6.45) is 3.59. The van der Waals surface area contributed by atoms with Gasteiger partial charge in [0.25, 0.3) is 0 Å². The van der Waals surface area contributed by atoms with Crippen molar-refractivity contribution in [2.24, 2.45) is 0 Å². The van der Waals surface area contributed by atoms with E-state index in [0.717, 1.165) is 37.7 Å². The van der Waals surface area contributed by atoms with Gasteiger partial charge in [-0.15, -0.1) is 0 Å². The van der Waals surface area contributed by atoms with Gasteiger partial charge in [0.05, 0.1) is 34.6 Å². The molecule has 0 saturated heterocycles. The fourth-order valence-corrected chi connectivity index (χ4v) is 2.64. The molecule has 0 fully saturated rings. The standard InChI is InChI=1S/C15H9BrN4/c16-11-3-1-2-9(4-11)15-8-17-13-6-12-10(7-18-20-12)5-14(13)19-15/h1-8H,(H,18,20). The Balaban J connectivity index is 1.95. The van der Waals surface area contributed by atoms with Crippen molar-refractivity contribution < 1.29 is 0 Å². The maximum Gasteiger partial charge on any atom is 0.0909 e. The van der Waals surface area contributed by atoms with Gasteiger partial charge in [0.15, 0.2) is 0 Å². The molecule has 4 aromatic rings. The molecule has 4 nitrogen and oxygen atoms in total. The van der Waals surface area contributed by atoms with Gasteiger partial charge in [-0.3, -0.25) is 10.1 Å². The lowest BCUT2D eigenvalue weighted by atomic mass is 10.1. The quantitative estimate of drug-likeness (QED) is 0.577. The first-order valence-electron chi connectivity index (χ1n) is 6.15. The lowest BCUT2D eigenvalue weighted by Crippen LogP contribution is -1.88. The van der Waals surface area contributed by atoms with Gasteiger partial charge in [-0.1, -0.05) is 28.1 Å². The van der Waals surface area contributed by atoms with Crippen LogP contribution in [-0.2, 0) is 0 Å². The number of fused-ring (bicyclic) bond motifs is 2.